The quantitative estimate of drug-likeness (QED) is 0.207. The molecule has 0 rings (SSSR count). The van der Waals surface area contributed by atoms with Gasteiger partial charge >= 0.3 is 71.7 Å². The molecule has 0 aliphatic carbocycles. The van der Waals surface area contributed by atoms with E-state index in [1.165, 1.54) is 14.2 Å². The Hall–Kier alpha value is -0.891. The minimum atomic E-state index is -0.703. The van der Waals surface area contributed by atoms with Crippen LogP contribution in [0.2, 0.25) is 0 Å². The number of hydrogen-bond acceptors (Lipinski definition) is 3. The van der Waals surface area contributed by atoms with Crippen molar-refractivity contribution in [2.24, 2.45) is 0 Å². The van der Waals surface area contributed by atoms with Crippen LogP contribution in [0, 0.1) is 0 Å². The van der Waals surface area contributed by atoms with E-state index in [1.807, 2.05) is 16.0 Å². The second-order valence-electron chi connectivity index (χ2n) is 1.46. The van der Waals surface area contributed by atoms with Gasteiger partial charge in [0.25, 0.3) is 0 Å². The van der Waals surface area contributed by atoms with Crippen LogP contribution in [0.15, 0.2) is 16.1 Å². The topological polar surface area (TPSA) is 55.4 Å². The zero-order valence-electron chi connectivity index (χ0n) is 6.08. The molecule has 4 nitrogen and oxygen atoms in total. The minimum absolute atomic E-state index is 0.0341. The number of carbonyl (C=O) groups is 1. The van der Waals surface area contributed by atoms with Crippen molar-refractivity contribution in [1.29, 1.82) is 0 Å². The summed E-state index contributed by atoms with van der Waals surface area (Å²) in [7, 11) is 2.42. The Morgan fingerprint density at radius 1 is 1.36 bits per heavy atom. The summed E-state index contributed by atoms with van der Waals surface area (Å²) in [6.07, 6.45) is 0. The maximum absolute atomic E-state index is 10.6. The van der Waals surface area contributed by atoms with Gasteiger partial charge in [0.15, 0.2) is 0 Å². The molecule has 0 atom stereocenters. The molecule has 0 fully saturated rings. The molecule has 0 heterocycles. The van der Waals surface area contributed by atoms with E-state index in [4.69, 9.17) is 0 Å². The van der Waals surface area contributed by atoms with E-state index >= 15 is 0 Å². The van der Waals surface area contributed by atoms with Crippen molar-refractivity contribution in [3.05, 3.63) is 16.1 Å². The summed E-state index contributed by atoms with van der Waals surface area (Å²) in [5, 5.41) is 10.5. The SMILES string of the molecule is COC(=O)C([SeH])=C=C([O])OC. The summed E-state index contributed by atoms with van der Waals surface area (Å²) in [6, 6.07) is 0. The van der Waals surface area contributed by atoms with E-state index < -0.39 is 11.9 Å². The Labute approximate surface area is 72.3 Å². The normalized spacial score (nSPS) is 7.91. The Kier molecular flexibility index (Phi) is 4.46. The predicted molar refractivity (Wildman–Crippen MR) is 37.4 cm³/mol. The molecule has 0 aromatic heterocycles. The molecule has 0 aromatic carbocycles. The second-order valence-corrected chi connectivity index (χ2v) is 2.40. The average molecular weight is 222 g/mol. The number of hydrogen-bond donors (Lipinski definition) is 0. The summed E-state index contributed by atoms with van der Waals surface area (Å²) < 4.78 is 8.56. The zero-order valence-corrected chi connectivity index (χ0v) is 7.96. The van der Waals surface area contributed by atoms with Gasteiger partial charge in [0.05, 0.1) is 0 Å². The van der Waals surface area contributed by atoms with Crippen LogP contribution in [-0.2, 0) is 19.4 Å². The zero-order chi connectivity index (χ0) is 8.85. The second kappa shape index (κ2) is 4.85. The van der Waals surface area contributed by atoms with E-state index in [-0.39, 0.29) is 4.47 Å². The fraction of sp³-hybridized carbons (Fsp3) is 0.333. The van der Waals surface area contributed by atoms with Crippen LogP contribution >= 0.6 is 0 Å². The average Bonchev–Trinajstić information content (AvgIpc) is 2.02. The van der Waals surface area contributed by atoms with Gasteiger partial charge in [0.2, 0.25) is 0 Å². The Balaban J connectivity index is 4.56. The third kappa shape index (κ3) is 3.73. The number of esters is 1. The molecule has 0 amide bonds. The molecule has 0 saturated carbocycles. The van der Waals surface area contributed by atoms with Gasteiger partial charge in [0.1, 0.15) is 0 Å². The Morgan fingerprint density at radius 3 is 2.27 bits per heavy atom. The van der Waals surface area contributed by atoms with Gasteiger partial charge in [-0.1, -0.05) is 0 Å². The molecule has 0 saturated heterocycles. The number of ether oxygens (including phenoxy) is 2. The molecule has 0 spiro atoms. The van der Waals surface area contributed by atoms with Gasteiger partial charge in [-0.15, -0.1) is 0 Å². The van der Waals surface area contributed by atoms with Gasteiger partial charge in [-0.3, -0.25) is 0 Å². The summed E-state index contributed by atoms with van der Waals surface area (Å²) >= 11 is 1.87. The van der Waals surface area contributed by atoms with Gasteiger partial charge in [-0.05, 0) is 0 Å². The molecule has 0 bridgehead atoms. The molecular formula is C6H7O4Se. The van der Waals surface area contributed by atoms with Crippen LogP contribution in [0.4, 0.5) is 0 Å². The van der Waals surface area contributed by atoms with Crippen molar-refractivity contribution in [3.8, 4) is 0 Å². The molecule has 0 unspecified atom stereocenters. The third-order valence-electron chi connectivity index (χ3n) is 0.785. The monoisotopic (exact) mass is 223 g/mol. The molecule has 0 aliphatic rings. The standard InChI is InChI=1S/C6H7O4Se/c1-9-5(7)3-4(11)6(8)10-2/h11H,1-2H3. The molecular weight excluding hydrogens is 215 g/mol. The first-order valence-corrected chi connectivity index (χ1v) is 3.54. The van der Waals surface area contributed by atoms with Crippen molar-refractivity contribution in [3.63, 3.8) is 0 Å². The van der Waals surface area contributed by atoms with Gasteiger partial charge < -0.3 is 0 Å². The van der Waals surface area contributed by atoms with E-state index in [0.717, 1.165) is 0 Å². The first kappa shape index (κ1) is 10.1. The Bertz CT molecular complexity index is 215. The molecule has 11 heavy (non-hydrogen) atoms. The van der Waals surface area contributed by atoms with Crippen LogP contribution in [-0.4, -0.2) is 36.2 Å². The van der Waals surface area contributed by atoms with Crippen LogP contribution in [0.3, 0.4) is 0 Å². The summed E-state index contributed by atoms with van der Waals surface area (Å²) in [6.45, 7) is 0. The fourth-order valence-corrected chi connectivity index (χ4v) is 0.678. The van der Waals surface area contributed by atoms with Gasteiger partial charge in [-0.25, -0.2) is 0 Å². The number of carbonyl (C=O) groups excluding carboxylic acids is 1. The van der Waals surface area contributed by atoms with E-state index in [0.29, 0.717) is 0 Å². The van der Waals surface area contributed by atoms with Crippen molar-refractivity contribution in [2.45, 2.75) is 0 Å². The Morgan fingerprint density at radius 2 is 1.91 bits per heavy atom. The summed E-state index contributed by atoms with van der Waals surface area (Å²) in [5.74, 6) is -1.32. The molecule has 0 aliphatic heterocycles. The van der Waals surface area contributed by atoms with Crippen LogP contribution in [0.5, 0.6) is 0 Å². The van der Waals surface area contributed by atoms with Crippen LogP contribution < -0.4 is 0 Å². The van der Waals surface area contributed by atoms with Crippen molar-refractivity contribution in [1.82, 2.24) is 0 Å². The van der Waals surface area contributed by atoms with Crippen molar-refractivity contribution in [2.75, 3.05) is 14.2 Å². The van der Waals surface area contributed by atoms with E-state index in [2.05, 4.69) is 15.2 Å². The molecule has 61 valence electrons. The van der Waals surface area contributed by atoms with Gasteiger partial charge in [0, 0.05) is 0 Å². The van der Waals surface area contributed by atoms with E-state index in [1.54, 1.807) is 0 Å². The molecule has 1 radical (unpaired) electrons. The number of methoxy groups -OCH3 is 2. The van der Waals surface area contributed by atoms with Crippen molar-refractivity contribution < 1.29 is 19.4 Å². The van der Waals surface area contributed by atoms with Gasteiger partial charge in [-0.2, -0.15) is 0 Å². The first-order valence-electron chi connectivity index (χ1n) is 2.61. The van der Waals surface area contributed by atoms with Crippen LogP contribution in [0.25, 0.3) is 0 Å². The molecule has 5 heteroatoms. The molecule has 0 N–H and O–H groups in total. The fourth-order valence-electron chi connectivity index (χ4n) is 0.295. The summed E-state index contributed by atoms with van der Waals surface area (Å²) in [4.78, 5) is 10.6. The molecule has 0 aromatic rings. The third-order valence-corrected chi connectivity index (χ3v) is 1.40. The van der Waals surface area contributed by atoms with Crippen molar-refractivity contribution >= 4 is 22.0 Å². The first-order chi connectivity index (χ1) is 5.11. The number of rotatable bonds is 2. The maximum atomic E-state index is 10.6. The summed E-state index contributed by atoms with van der Waals surface area (Å²) in [5.41, 5.74) is 2.13. The van der Waals surface area contributed by atoms with Crippen LogP contribution in [0.1, 0.15) is 0 Å². The van der Waals surface area contributed by atoms with E-state index in [9.17, 15) is 9.90 Å². The predicted octanol–water partition coefficient (Wildman–Crippen LogP) is -0.539.